The van der Waals surface area contributed by atoms with Crippen LogP contribution >= 0.6 is 15.9 Å². The van der Waals surface area contributed by atoms with Crippen LogP contribution in [0.1, 0.15) is 32.0 Å². The van der Waals surface area contributed by atoms with Crippen LogP contribution < -0.4 is 10.1 Å². The molecule has 0 unspecified atom stereocenters. The monoisotopic (exact) mass is 392 g/mol. The van der Waals surface area contributed by atoms with Crippen molar-refractivity contribution in [1.29, 1.82) is 0 Å². The maximum Gasteiger partial charge on any atom is 0.412 e. The second kappa shape index (κ2) is 7.66. The van der Waals surface area contributed by atoms with Gasteiger partial charge in [0.15, 0.2) is 5.75 Å². The number of amides is 1. The number of anilines is 1. The van der Waals surface area contributed by atoms with E-state index in [1.165, 1.54) is 0 Å². The molecule has 0 radical (unpaired) electrons. The number of hydrogen-bond acceptors (Lipinski definition) is 4. The van der Waals surface area contributed by atoms with Crippen molar-refractivity contribution in [3.05, 3.63) is 52.3 Å². The highest BCUT2D eigenvalue weighted by Crippen LogP contribution is 2.31. The molecule has 1 aromatic carbocycles. The van der Waals surface area contributed by atoms with E-state index < -0.39 is 11.7 Å². The number of carbonyl (C=O) groups is 1. The van der Waals surface area contributed by atoms with E-state index in [1.54, 1.807) is 6.07 Å². The highest BCUT2D eigenvalue weighted by Gasteiger charge is 2.19. The molecular weight excluding hydrogens is 372 g/mol. The molecule has 0 atom stereocenters. The van der Waals surface area contributed by atoms with Crippen LogP contribution in [0.25, 0.3) is 0 Å². The molecule has 0 aliphatic carbocycles. The predicted octanol–water partition coefficient (Wildman–Crippen LogP) is 5.08. The summed E-state index contributed by atoms with van der Waals surface area (Å²) in [5, 5.41) is 2.73. The lowest BCUT2D eigenvalue weighted by atomic mass is 10.2. The van der Waals surface area contributed by atoms with Crippen molar-refractivity contribution in [2.45, 2.75) is 39.9 Å². The molecule has 0 spiro atoms. The summed E-state index contributed by atoms with van der Waals surface area (Å²) >= 11 is 3.34. The van der Waals surface area contributed by atoms with Gasteiger partial charge in [0.1, 0.15) is 16.8 Å². The fraction of sp³-hybridized carbons (Fsp3) is 0.333. The number of nitrogens with one attached hydrogen (secondary N) is 1. The molecule has 2 rings (SSSR count). The number of rotatable bonds is 4. The van der Waals surface area contributed by atoms with Crippen molar-refractivity contribution < 1.29 is 14.3 Å². The molecule has 1 aromatic heterocycles. The fourth-order valence-electron chi connectivity index (χ4n) is 2.04. The number of carbonyl (C=O) groups excluding carboxylic acids is 1. The summed E-state index contributed by atoms with van der Waals surface area (Å²) < 4.78 is 11.8. The Morgan fingerprint density at radius 3 is 2.54 bits per heavy atom. The first-order chi connectivity index (χ1) is 11.2. The summed E-state index contributed by atoms with van der Waals surface area (Å²) in [5.41, 5.74) is 1.64. The first-order valence-electron chi connectivity index (χ1n) is 7.58. The number of hydrogen-bond donors (Lipinski definition) is 1. The van der Waals surface area contributed by atoms with Crippen molar-refractivity contribution in [2.24, 2.45) is 0 Å². The van der Waals surface area contributed by atoms with Gasteiger partial charge < -0.3 is 9.47 Å². The van der Waals surface area contributed by atoms with Crippen LogP contribution in [0.4, 0.5) is 10.5 Å². The molecule has 1 heterocycles. The molecule has 1 amide bonds. The molecule has 0 aliphatic rings. The Bertz CT molecular complexity index is 712. The van der Waals surface area contributed by atoms with E-state index in [0.29, 0.717) is 28.3 Å². The molecule has 24 heavy (non-hydrogen) atoms. The third-order valence-electron chi connectivity index (χ3n) is 2.97. The fourth-order valence-corrected chi connectivity index (χ4v) is 2.54. The minimum absolute atomic E-state index is 0.383. The van der Waals surface area contributed by atoms with Crippen LogP contribution in [-0.4, -0.2) is 16.7 Å². The van der Waals surface area contributed by atoms with Gasteiger partial charge in [-0.1, -0.05) is 30.3 Å². The number of aromatic nitrogens is 1. The number of nitrogens with zero attached hydrogens (tertiary/aromatic N) is 1. The lowest BCUT2D eigenvalue weighted by molar-refractivity contribution is 0.0635. The van der Waals surface area contributed by atoms with Gasteiger partial charge in [0.2, 0.25) is 0 Å². The summed E-state index contributed by atoms with van der Waals surface area (Å²) in [6, 6.07) is 11.5. The van der Waals surface area contributed by atoms with Crippen molar-refractivity contribution in [2.75, 3.05) is 5.32 Å². The zero-order valence-electron chi connectivity index (χ0n) is 14.2. The molecule has 1 N–H and O–H groups in total. The maximum atomic E-state index is 12.1. The van der Waals surface area contributed by atoms with Crippen LogP contribution in [-0.2, 0) is 11.3 Å². The van der Waals surface area contributed by atoms with Crippen molar-refractivity contribution in [3.63, 3.8) is 0 Å². The van der Waals surface area contributed by atoms with Crippen LogP contribution in [0.3, 0.4) is 0 Å². The van der Waals surface area contributed by atoms with Gasteiger partial charge in [-0.15, -0.1) is 0 Å². The number of pyridine rings is 1. The molecule has 6 heteroatoms. The summed E-state index contributed by atoms with van der Waals surface area (Å²) in [4.78, 5) is 16.4. The molecule has 2 aromatic rings. The van der Waals surface area contributed by atoms with Crippen LogP contribution in [0.2, 0.25) is 0 Å². The Morgan fingerprint density at radius 1 is 1.25 bits per heavy atom. The van der Waals surface area contributed by atoms with E-state index in [2.05, 4.69) is 26.2 Å². The second-order valence-corrected chi connectivity index (χ2v) is 7.12. The van der Waals surface area contributed by atoms with Gasteiger partial charge in [0.05, 0.1) is 11.4 Å². The number of benzene rings is 1. The Hall–Kier alpha value is -2.08. The molecule has 0 bridgehead atoms. The Morgan fingerprint density at radius 2 is 1.92 bits per heavy atom. The predicted molar refractivity (Wildman–Crippen MR) is 97.3 cm³/mol. The topological polar surface area (TPSA) is 60.5 Å². The second-order valence-electron chi connectivity index (χ2n) is 6.31. The van der Waals surface area contributed by atoms with Gasteiger partial charge in [0.25, 0.3) is 0 Å². The van der Waals surface area contributed by atoms with Gasteiger partial charge in [-0.25, -0.2) is 9.78 Å². The van der Waals surface area contributed by atoms with Gasteiger partial charge in [0, 0.05) is 0 Å². The molecule has 0 saturated heterocycles. The maximum absolute atomic E-state index is 12.1. The average Bonchev–Trinajstić information content (AvgIpc) is 2.45. The quantitative estimate of drug-likeness (QED) is 0.736. The van der Waals surface area contributed by atoms with Gasteiger partial charge >= 0.3 is 6.09 Å². The third-order valence-corrected chi connectivity index (χ3v) is 3.38. The highest BCUT2D eigenvalue weighted by atomic mass is 79.9. The van der Waals surface area contributed by atoms with E-state index in [9.17, 15) is 4.79 Å². The standard InChI is InChI=1S/C18H21BrN2O3/c1-12-16(23-11-13-8-6-5-7-9-13)14(10-15(19)20-12)21-17(22)24-18(2,3)4/h5-10H,11H2,1-4H3,(H,20,21,22). The van der Waals surface area contributed by atoms with Crippen molar-refractivity contribution in [1.82, 2.24) is 4.98 Å². The summed E-state index contributed by atoms with van der Waals surface area (Å²) in [6.07, 6.45) is -0.537. The minimum atomic E-state index is -0.575. The smallest absolute Gasteiger partial charge is 0.412 e. The molecule has 128 valence electrons. The normalized spacial score (nSPS) is 11.0. The SMILES string of the molecule is Cc1nc(Br)cc(NC(=O)OC(C)(C)C)c1OCc1ccccc1. The highest BCUT2D eigenvalue weighted by molar-refractivity contribution is 9.10. The van der Waals surface area contributed by atoms with E-state index in [-0.39, 0.29) is 0 Å². The average molecular weight is 393 g/mol. The molecule has 5 nitrogen and oxygen atoms in total. The van der Waals surface area contributed by atoms with E-state index >= 15 is 0 Å². The molecular formula is C18H21BrN2O3. The first kappa shape index (κ1) is 18.3. The summed E-state index contributed by atoms with van der Waals surface area (Å²) in [5.74, 6) is 0.521. The molecule has 0 saturated carbocycles. The Balaban J connectivity index is 2.19. The third kappa shape index (κ3) is 5.53. The van der Waals surface area contributed by atoms with E-state index in [4.69, 9.17) is 9.47 Å². The molecule has 0 fully saturated rings. The van der Waals surface area contributed by atoms with Crippen molar-refractivity contribution in [3.8, 4) is 5.75 Å². The zero-order valence-corrected chi connectivity index (χ0v) is 15.8. The van der Waals surface area contributed by atoms with Crippen LogP contribution in [0.15, 0.2) is 41.0 Å². The number of ether oxygens (including phenoxy) is 2. The molecule has 0 aliphatic heterocycles. The van der Waals surface area contributed by atoms with Gasteiger partial charge in [-0.3, -0.25) is 5.32 Å². The summed E-state index contributed by atoms with van der Waals surface area (Å²) in [7, 11) is 0. The summed E-state index contributed by atoms with van der Waals surface area (Å²) in [6.45, 7) is 7.65. The van der Waals surface area contributed by atoms with Gasteiger partial charge in [-0.2, -0.15) is 0 Å². The van der Waals surface area contributed by atoms with Crippen LogP contribution in [0, 0.1) is 6.92 Å². The van der Waals surface area contributed by atoms with Crippen LogP contribution in [0.5, 0.6) is 5.75 Å². The Labute approximate surface area is 150 Å². The minimum Gasteiger partial charge on any atom is -0.485 e. The zero-order chi connectivity index (χ0) is 17.7. The number of halogens is 1. The largest absolute Gasteiger partial charge is 0.485 e. The van der Waals surface area contributed by atoms with E-state index in [1.807, 2.05) is 58.0 Å². The lowest BCUT2D eigenvalue weighted by Gasteiger charge is -2.21. The van der Waals surface area contributed by atoms with Crippen molar-refractivity contribution >= 4 is 27.7 Å². The lowest BCUT2D eigenvalue weighted by Crippen LogP contribution is -2.27. The first-order valence-corrected chi connectivity index (χ1v) is 8.38. The van der Waals surface area contributed by atoms with E-state index in [0.717, 1.165) is 5.56 Å². The number of aryl methyl sites for hydroxylation is 1. The Kier molecular flexibility index (Phi) is 5.83. The van der Waals surface area contributed by atoms with Gasteiger partial charge in [-0.05, 0) is 55.3 Å².